The third-order valence-electron chi connectivity index (χ3n) is 5.67. The van der Waals surface area contributed by atoms with Crippen molar-refractivity contribution in [1.82, 2.24) is 5.32 Å². The average Bonchev–Trinajstić information content (AvgIpc) is 2.83. The van der Waals surface area contributed by atoms with Crippen molar-refractivity contribution in [1.29, 1.82) is 0 Å². The Morgan fingerprint density at radius 3 is 2.00 bits per heavy atom. The first-order chi connectivity index (χ1) is 16.5. The Morgan fingerprint density at radius 1 is 0.943 bits per heavy atom. The lowest BCUT2D eigenvalue weighted by atomic mass is 9.87. The number of rotatable bonds is 6. The van der Waals surface area contributed by atoms with Gasteiger partial charge in [0.25, 0.3) is 0 Å². The van der Waals surface area contributed by atoms with Crippen LogP contribution in [0.2, 0.25) is 0 Å². The molecule has 0 radical (unpaired) electrons. The molecule has 5 nitrogen and oxygen atoms in total. The molecule has 0 aliphatic rings. The summed E-state index contributed by atoms with van der Waals surface area (Å²) < 4.78 is 5.13. The van der Waals surface area contributed by atoms with Crippen molar-refractivity contribution in [2.75, 3.05) is 19.1 Å². The number of ether oxygens (including phenoxy) is 1. The normalized spacial score (nSPS) is 11.5. The quantitative estimate of drug-likeness (QED) is 0.442. The van der Waals surface area contributed by atoms with Crippen LogP contribution < -0.4 is 15.0 Å². The molecule has 3 aromatic carbocycles. The van der Waals surface area contributed by atoms with E-state index in [4.69, 9.17) is 4.74 Å². The van der Waals surface area contributed by atoms with Gasteiger partial charge >= 0.3 is 0 Å². The van der Waals surface area contributed by atoms with E-state index in [0.717, 1.165) is 17.0 Å². The number of hydrogen-bond donors (Lipinski definition) is 1. The summed E-state index contributed by atoms with van der Waals surface area (Å²) in [7, 11) is 3.29. The number of likely N-dealkylation sites (N-methyl/N-ethyl adjacent to an activating group) is 1. The van der Waals surface area contributed by atoms with Gasteiger partial charge in [0, 0.05) is 30.4 Å². The second-order valence-electron chi connectivity index (χ2n) is 9.65. The largest absolute Gasteiger partial charge is 0.497 e. The van der Waals surface area contributed by atoms with Crippen molar-refractivity contribution in [3.8, 4) is 5.75 Å². The molecule has 0 unspecified atom stereocenters. The highest BCUT2D eigenvalue weighted by molar-refractivity contribution is 5.98. The number of carbonyl (C=O) groups is 2. The molecular formula is C30H44N2O3. The van der Waals surface area contributed by atoms with Gasteiger partial charge in [-0.15, -0.1) is 0 Å². The number of nitrogens with zero attached hydrogens (tertiary/aromatic N) is 1. The van der Waals surface area contributed by atoms with Crippen LogP contribution in [0.5, 0.6) is 5.75 Å². The van der Waals surface area contributed by atoms with E-state index in [1.807, 2.05) is 42.5 Å². The summed E-state index contributed by atoms with van der Waals surface area (Å²) in [6, 6.07) is 25.0. The molecule has 1 N–H and O–H groups in total. The van der Waals surface area contributed by atoms with Crippen molar-refractivity contribution in [2.24, 2.45) is 0 Å². The number of nitrogens with one attached hydrogen (secondary N) is 1. The molecule has 0 bridgehead atoms. The lowest BCUT2D eigenvalue weighted by molar-refractivity contribution is -0.126. The van der Waals surface area contributed by atoms with E-state index in [1.54, 1.807) is 31.2 Å². The summed E-state index contributed by atoms with van der Waals surface area (Å²) in [5.41, 5.74) is 4.76. The van der Waals surface area contributed by atoms with E-state index in [-0.39, 0.29) is 21.5 Å². The fraction of sp³-hybridized carbons (Fsp3) is 0.333. The first-order valence-electron chi connectivity index (χ1n) is 11.8. The topological polar surface area (TPSA) is 58.6 Å². The molecule has 3 rings (SSSR count). The number of hydrogen-bond acceptors (Lipinski definition) is 3. The minimum atomic E-state index is -0.614. The van der Waals surface area contributed by atoms with Crippen LogP contribution in [0, 0.1) is 6.92 Å². The van der Waals surface area contributed by atoms with Crippen molar-refractivity contribution in [3.05, 3.63) is 95.6 Å². The molecule has 5 heteroatoms. The molecule has 192 valence electrons. The van der Waals surface area contributed by atoms with Gasteiger partial charge in [0.15, 0.2) is 0 Å². The monoisotopic (exact) mass is 480 g/mol. The highest BCUT2D eigenvalue weighted by Crippen LogP contribution is 2.22. The van der Waals surface area contributed by atoms with E-state index in [1.165, 1.54) is 18.1 Å². The van der Waals surface area contributed by atoms with Crippen molar-refractivity contribution >= 4 is 17.5 Å². The summed E-state index contributed by atoms with van der Waals surface area (Å²) >= 11 is 0. The Kier molecular flexibility index (Phi) is 10.1. The minimum Gasteiger partial charge on any atom is -0.497 e. The van der Waals surface area contributed by atoms with Gasteiger partial charge in [-0.2, -0.15) is 0 Å². The van der Waals surface area contributed by atoms with Crippen LogP contribution in [-0.4, -0.2) is 32.0 Å². The first kappa shape index (κ1) is 27.6. The fourth-order valence-corrected chi connectivity index (χ4v) is 3.52. The Hall–Kier alpha value is -3.60. The van der Waals surface area contributed by atoms with Gasteiger partial charge in [-0.3, -0.25) is 9.59 Å². The third kappa shape index (κ3) is 8.93. The summed E-state index contributed by atoms with van der Waals surface area (Å²) in [5, 5.41) is 2.75. The summed E-state index contributed by atoms with van der Waals surface area (Å²) in [6.07, 6.45) is 0.444. The zero-order valence-electron chi connectivity index (χ0n) is 22.0. The maximum Gasteiger partial charge on any atom is 0.249 e. The van der Waals surface area contributed by atoms with Crippen molar-refractivity contribution < 1.29 is 18.6 Å². The van der Waals surface area contributed by atoms with Crippen molar-refractivity contribution in [3.63, 3.8) is 0 Å². The molecule has 0 saturated heterocycles. The summed E-state index contributed by atoms with van der Waals surface area (Å²) in [6.45, 7) is 10.2. The summed E-state index contributed by atoms with van der Waals surface area (Å²) in [5.74, 6) is 0.328. The predicted octanol–water partition coefficient (Wildman–Crippen LogP) is 6.44. The van der Waals surface area contributed by atoms with Gasteiger partial charge < -0.3 is 15.0 Å². The number of methoxy groups -OCH3 is 1. The molecule has 0 aliphatic carbocycles. The number of aryl methyl sites for hydroxylation is 1. The van der Waals surface area contributed by atoms with E-state index in [2.05, 4.69) is 57.3 Å². The standard InChI is InChI=1S/C19H22N2O3.C11H16.3H2/c1-14(22)20-18(13-15-7-5-4-6-8-15)19(23)21(2)16-9-11-17(24-3)12-10-16;1-9-5-7-10(8-6-9)11(2,3)4;;;/h4-12,18H,13H2,1-3H3,(H,20,22);5-8H,1-4H3;3*1H/t18-;;;;/m0..../s1. The number of anilines is 1. The van der Waals surface area contributed by atoms with E-state index < -0.39 is 6.04 Å². The second-order valence-corrected chi connectivity index (χ2v) is 9.65. The molecular weight excluding hydrogens is 436 g/mol. The highest BCUT2D eigenvalue weighted by atomic mass is 16.5. The van der Waals surface area contributed by atoms with Gasteiger partial charge in [-0.1, -0.05) is 80.9 Å². The van der Waals surface area contributed by atoms with Gasteiger partial charge in [0.1, 0.15) is 11.8 Å². The number of benzene rings is 3. The van der Waals surface area contributed by atoms with Crippen LogP contribution in [0.1, 0.15) is 48.7 Å². The molecule has 0 saturated carbocycles. The maximum absolute atomic E-state index is 12.8. The Morgan fingerprint density at radius 2 is 1.51 bits per heavy atom. The highest BCUT2D eigenvalue weighted by Gasteiger charge is 2.24. The van der Waals surface area contributed by atoms with Gasteiger partial charge in [-0.05, 0) is 47.7 Å². The Balaban J connectivity index is 0. The first-order valence-corrected chi connectivity index (χ1v) is 11.8. The Labute approximate surface area is 214 Å². The molecule has 0 aromatic heterocycles. The summed E-state index contributed by atoms with van der Waals surface area (Å²) in [4.78, 5) is 25.9. The molecule has 1 atom stereocenters. The fourth-order valence-electron chi connectivity index (χ4n) is 3.52. The lowest BCUT2D eigenvalue weighted by Crippen LogP contribution is -2.48. The average molecular weight is 481 g/mol. The molecule has 0 heterocycles. The van der Waals surface area contributed by atoms with Gasteiger partial charge in [0.2, 0.25) is 11.8 Å². The zero-order valence-corrected chi connectivity index (χ0v) is 22.0. The predicted molar refractivity (Wildman–Crippen MR) is 150 cm³/mol. The lowest BCUT2D eigenvalue weighted by Gasteiger charge is -2.24. The third-order valence-corrected chi connectivity index (χ3v) is 5.67. The second kappa shape index (κ2) is 12.7. The van der Waals surface area contributed by atoms with Crippen LogP contribution in [0.25, 0.3) is 0 Å². The molecule has 0 aliphatic heterocycles. The van der Waals surface area contributed by atoms with E-state index >= 15 is 0 Å². The smallest absolute Gasteiger partial charge is 0.249 e. The minimum absolute atomic E-state index is 0. The van der Waals surface area contributed by atoms with Crippen LogP contribution in [0.4, 0.5) is 5.69 Å². The van der Waals surface area contributed by atoms with Crippen molar-refractivity contribution in [2.45, 2.75) is 52.5 Å². The number of amides is 2. The molecule has 35 heavy (non-hydrogen) atoms. The Bertz CT molecular complexity index is 1080. The van der Waals surface area contributed by atoms with E-state index in [9.17, 15) is 9.59 Å². The number of carbonyl (C=O) groups excluding carboxylic acids is 2. The SMILES string of the molecule is COc1ccc(N(C)C(=O)[C@H](Cc2ccccc2)NC(C)=O)cc1.Cc1ccc(C(C)(C)C)cc1.[HH].[HH].[HH]. The zero-order chi connectivity index (χ0) is 26.0. The maximum atomic E-state index is 12.8. The van der Waals surface area contributed by atoms with Crippen LogP contribution >= 0.6 is 0 Å². The molecule has 2 amide bonds. The van der Waals surface area contributed by atoms with E-state index in [0.29, 0.717) is 6.42 Å². The van der Waals surface area contributed by atoms with Crippen LogP contribution in [0.3, 0.4) is 0 Å². The van der Waals surface area contributed by atoms with Crippen LogP contribution in [0.15, 0.2) is 78.9 Å². The molecule has 0 fully saturated rings. The van der Waals surface area contributed by atoms with Crippen LogP contribution in [-0.2, 0) is 21.4 Å². The molecule has 3 aromatic rings. The molecule has 0 spiro atoms. The van der Waals surface area contributed by atoms with Gasteiger partial charge in [-0.25, -0.2) is 0 Å². The van der Waals surface area contributed by atoms with Gasteiger partial charge in [0.05, 0.1) is 7.11 Å².